The summed E-state index contributed by atoms with van der Waals surface area (Å²) in [7, 11) is -3.19. The van der Waals surface area contributed by atoms with Gasteiger partial charge in [-0.15, -0.1) is 11.3 Å². The van der Waals surface area contributed by atoms with Crippen molar-refractivity contribution in [1.82, 2.24) is 0 Å². The molecule has 0 radical (unpaired) electrons. The first kappa shape index (κ1) is 19.5. The number of hydrogen-bond donors (Lipinski definition) is 0. The monoisotopic (exact) mass is 488 g/mol. The zero-order valence-corrected chi connectivity index (χ0v) is 20.1. The molecule has 1 atom stereocenters. The maximum Gasteiger partial charge on any atom is 0.185 e. The van der Waals surface area contributed by atoms with E-state index in [9.17, 15) is 0 Å². The lowest BCUT2D eigenvalue weighted by Crippen LogP contribution is -2.35. The topological polar surface area (TPSA) is 35.5 Å². The number of thiophene rings is 1. The summed E-state index contributed by atoms with van der Waals surface area (Å²) in [5.74, 6) is 2.51. The van der Waals surface area contributed by atoms with E-state index in [1.807, 2.05) is 60.7 Å². The third-order valence-corrected chi connectivity index (χ3v) is 11.2. The Kier molecular flexibility index (Phi) is 3.81. The molecule has 3 heterocycles. The van der Waals surface area contributed by atoms with E-state index in [0.29, 0.717) is 28.3 Å². The van der Waals surface area contributed by atoms with Gasteiger partial charge in [-0.2, -0.15) is 0 Å². The smallest absolute Gasteiger partial charge is 0.185 e. The SMILES string of the molecule is O=P12c3ccccc3Oc3ccc(-c4ccc5sc6ccccc6c5c4)c(c31)Oc1ccccc12. The molecule has 1 aromatic heterocycles. The van der Waals surface area contributed by atoms with Crippen LogP contribution in [0.3, 0.4) is 0 Å². The summed E-state index contributed by atoms with van der Waals surface area (Å²) in [5.41, 5.74) is 1.95. The highest BCUT2D eigenvalue weighted by atomic mass is 32.1. The van der Waals surface area contributed by atoms with E-state index >= 15 is 4.57 Å². The second-order valence-electron chi connectivity index (χ2n) is 8.85. The van der Waals surface area contributed by atoms with Gasteiger partial charge in [0.15, 0.2) is 7.14 Å². The van der Waals surface area contributed by atoms with Crippen molar-refractivity contribution in [2.24, 2.45) is 0 Å². The third-order valence-electron chi connectivity index (χ3n) is 6.94. The van der Waals surface area contributed by atoms with Gasteiger partial charge in [0.1, 0.15) is 28.3 Å². The van der Waals surface area contributed by atoms with Gasteiger partial charge in [0.25, 0.3) is 0 Å². The summed E-state index contributed by atoms with van der Waals surface area (Å²) < 4.78 is 30.4. The predicted molar refractivity (Wildman–Crippen MR) is 144 cm³/mol. The zero-order valence-electron chi connectivity index (χ0n) is 18.4. The predicted octanol–water partition coefficient (Wildman–Crippen LogP) is 7.57. The molecule has 6 aromatic rings. The minimum atomic E-state index is -3.19. The van der Waals surface area contributed by atoms with Gasteiger partial charge in [-0.1, -0.05) is 48.5 Å². The molecule has 5 heteroatoms. The van der Waals surface area contributed by atoms with E-state index in [-0.39, 0.29) is 0 Å². The van der Waals surface area contributed by atoms with Crippen LogP contribution in [0.15, 0.2) is 103 Å². The van der Waals surface area contributed by atoms with E-state index in [4.69, 9.17) is 9.47 Å². The van der Waals surface area contributed by atoms with Crippen molar-refractivity contribution in [3.63, 3.8) is 0 Å². The number of ether oxygens (including phenoxy) is 2. The van der Waals surface area contributed by atoms with Crippen LogP contribution in [0, 0.1) is 0 Å². The first-order chi connectivity index (χ1) is 17.2. The van der Waals surface area contributed by atoms with Crippen molar-refractivity contribution in [1.29, 1.82) is 0 Å². The number of para-hydroxylation sites is 2. The fourth-order valence-electron chi connectivity index (χ4n) is 5.36. The summed E-state index contributed by atoms with van der Waals surface area (Å²) >= 11 is 1.80. The Morgan fingerprint density at radius 3 is 2.11 bits per heavy atom. The van der Waals surface area contributed by atoms with Crippen molar-refractivity contribution in [2.45, 2.75) is 0 Å². The Hall–Kier alpha value is -3.85. The van der Waals surface area contributed by atoms with Crippen molar-refractivity contribution >= 4 is 54.6 Å². The van der Waals surface area contributed by atoms with Crippen LogP contribution in [-0.2, 0) is 4.57 Å². The van der Waals surface area contributed by atoms with Gasteiger partial charge in [0, 0.05) is 25.7 Å². The molecule has 8 rings (SSSR count). The lowest BCUT2D eigenvalue weighted by Gasteiger charge is -2.35. The zero-order chi connectivity index (χ0) is 23.1. The number of hydrogen-bond acceptors (Lipinski definition) is 4. The van der Waals surface area contributed by atoms with Crippen LogP contribution in [0.5, 0.6) is 23.0 Å². The van der Waals surface area contributed by atoms with E-state index in [1.165, 1.54) is 20.2 Å². The molecule has 0 bridgehead atoms. The molecule has 3 nitrogen and oxygen atoms in total. The Bertz CT molecular complexity index is 1890. The van der Waals surface area contributed by atoms with Crippen molar-refractivity contribution in [3.8, 4) is 34.1 Å². The first-order valence-electron chi connectivity index (χ1n) is 11.5. The molecule has 5 aromatic carbocycles. The number of rotatable bonds is 1. The second-order valence-corrected chi connectivity index (χ2v) is 12.6. The van der Waals surface area contributed by atoms with Gasteiger partial charge < -0.3 is 14.0 Å². The Balaban J connectivity index is 1.44. The van der Waals surface area contributed by atoms with Gasteiger partial charge in [0.2, 0.25) is 0 Å². The molecular weight excluding hydrogens is 471 g/mol. The van der Waals surface area contributed by atoms with Crippen LogP contribution in [0.2, 0.25) is 0 Å². The van der Waals surface area contributed by atoms with Crippen LogP contribution in [0.4, 0.5) is 0 Å². The van der Waals surface area contributed by atoms with Crippen LogP contribution in [0.25, 0.3) is 31.3 Å². The fourth-order valence-corrected chi connectivity index (χ4v) is 9.53. The molecule has 0 aliphatic carbocycles. The van der Waals surface area contributed by atoms with E-state index in [1.54, 1.807) is 11.3 Å². The highest BCUT2D eigenvalue weighted by Crippen LogP contribution is 2.59. The molecule has 0 saturated carbocycles. The average molecular weight is 489 g/mol. The highest BCUT2D eigenvalue weighted by Gasteiger charge is 2.46. The lowest BCUT2D eigenvalue weighted by molar-refractivity contribution is 0.463. The molecule has 0 fully saturated rings. The Morgan fingerprint density at radius 2 is 1.29 bits per heavy atom. The second kappa shape index (κ2) is 6.85. The van der Waals surface area contributed by atoms with Gasteiger partial charge in [0.05, 0.1) is 10.6 Å². The fraction of sp³-hybridized carbons (Fsp3) is 0. The molecule has 2 aliphatic rings. The third kappa shape index (κ3) is 2.53. The molecule has 166 valence electrons. The quantitative estimate of drug-likeness (QED) is 0.224. The van der Waals surface area contributed by atoms with Gasteiger partial charge in [-0.05, 0) is 60.2 Å². The van der Waals surface area contributed by atoms with Crippen LogP contribution in [-0.4, -0.2) is 0 Å². The number of benzene rings is 5. The normalized spacial score (nSPS) is 17.3. The number of fused-ring (bicyclic) bond motifs is 7. The molecule has 0 N–H and O–H groups in total. The van der Waals surface area contributed by atoms with Crippen molar-refractivity contribution < 1.29 is 14.0 Å². The van der Waals surface area contributed by atoms with E-state index < -0.39 is 7.14 Å². The molecule has 1 unspecified atom stereocenters. The van der Waals surface area contributed by atoms with Crippen LogP contribution < -0.4 is 25.4 Å². The lowest BCUT2D eigenvalue weighted by atomic mass is 10.0. The summed E-state index contributed by atoms with van der Waals surface area (Å²) in [6.07, 6.45) is 0. The van der Waals surface area contributed by atoms with E-state index in [0.717, 1.165) is 21.7 Å². The average Bonchev–Trinajstić information content (AvgIpc) is 3.27. The van der Waals surface area contributed by atoms with Gasteiger partial charge >= 0.3 is 0 Å². The molecular formula is C30H17O3PS. The summed E-state index contributed by atoms with van der Waals surface area (Å²) in [6, 6.07) is 34.3. The standard InChI is InChI=1S/C30H17O3PS/c31-34-25-10-4-2-8-22(25)32-24-15-14-19(29(30(24)34)33-23-9-3-5-11-26(23)34)18-13-16-28-21(17-18)20-7-1-6-12-27(20)35-28/h1-17H. The molecule has 35 heavy (non-hydrogen) atoms. The summed E-state index contributed by atoms with van der Waals surface area (Å²) in [5, 5.41) is 4.56. The van der Waals surface area contributed by atoms with Crippen molar-refractivity contribution in [2.75, 3.05) is 0 Å². The van der Waals surface area contributed by atoms with Crippen LogP contribution >= 0.6 is 18.5 Å². The molecule has 0 amide bonds. The minimum Gasteiger partial charge on any atom is -0.456 e. The van der Waals surface area contributed by atoms with Crippen molar-refractivity contribution in [3.05, 3.63) is 103 Å². The molecule has 2 aliphatic heterocycles. The van der Waals surface area contributed by atoms with Crippen LogP contribution in [0.1, 0.15) is 0 Å². The first-order valence-corrected chi connectivity index (χ1v) is 14.0. The van der Waals surface area contributed by atoms with Gasteiger partial charge in [-0.3, -0.25) is 0 Å². The molecule has 0 saturated heterocycles. The Morgan fingerprint density at radius 1 is 0.600 bits per heavy atom. The van der Waals surface area contributed by atoms with Gasteiger partial charge in [-0.25, -0.2) is 0 Å². The maximum atomic E-state index is 15.1. The Labute approximate surface area is 205 Å². The minimum absolute atomic E-state index is 0.599. The maximum absolute atomic E-state index is 15.1. The summed E-state index contributed by atoms with van der Waals surface area (Å²) in [4.78, 5) is 0. The largest absolute Gasteiger partial charge is 0.456 e. The van der Waals surface area contributed by atoms with E-state index in [2.05, 4.69) is 42.5 Å². The molecule has 0 spiro atoms. The highest BCUT2D eigenvalue weighted by molar-refractivity contribution is 7.86. The summed E-state index contributed by atoms with van der Waals surface area (Å²) in [6.45, 7) is 0.